The van der Waals surface area contributed by atoms with E-state index in [0.717, 1.165) is 11.3 Å². The van der Waals surface area contributed by atoms with Gasteiger partial charge in [-0.25, -0.2) is 0 Å². The van der Waals surface area contributed by atoms with Crippen molar-refractivity contribution >= 4 is 11.9 Å². The molecule has 0 aliphatic carbocycles. The molecule has 0 heterocycles. The minimum absolute atomic E-state index is 0.0514. The number of carbonyl (C=O) groups is 2. The van der Waals surface area contributed by atoms with Gasteiger partial charge in [0.15, 0.2) is 0 Å². The van der Waals surface area contributed by atoms with Crippen LogP contribution in [0.25, 0.3) is 0 Å². The van der Waals surface area contributed by atoms with Crippen molar-refractivity contribution in [2.24, 2.45) is 0 Å². The quantitative estimate of drug-likeness (QED) is 0.678. The highest BCUT2D eigenvalue weighted by Gasteiger charge is 2.03. The summed E-state index contributed by atoms with van der Waals surface area (Å²) >= 11 is 0. The van der Waals surface area contributed by atoms with Crippen molar-refractivity contribution < 1.29 is 19.4 Å². The van der Waals surface area contributed by atoms with Gasteiger partial charge < -0.3 is 15.2 Å². The molecule has 0 aromatic heterocycles. The van der Waals surface area contributed by atoms with Crippen molar-refractivity contribution in [3.63, 3.8) is 0 Å². The molecule has 0 saturated heterocycles. The first-order valence-corrected chi connectivity index (χ1v) is 6.82. The molecule has 5 heteroatoms. The first kappa shape index (κ1) is 16.0. The third-order valence-electron chi connectivity index (χ3n) is 2.74. The molecule has 2 N–H and O–H groups in total. The van der Waals surface area contributed by atoms with Crippen molar-refractivity contribution in [1.82, 2.24) is 5.32 Å². The molecule has 0 aliphatic rings. The summed E-state index contributed by atoms with van der Waals surface area (Å²) in [6.45, 7) is 3.06. The fourth-order valence-corrected chi connectivity index (χ4v) is 1.75. The molecular weight excluding hydrogens is 258 g/mol. The zero-order chi connectivity index (χ0) is 14.8. The lowest BCUT2D eigenvalue weighted by Gasteiger charge is -2.06. The van der Waals surface area contributed by atoms with Gasteiger partial charge in [0.25, 0.3) is 0 Å². The molecular formula is C15H21NO4. The van der Waals surface area contributed by atoms with Crippen LogP contribution in [0.3, 0.4) is 0 Å². The van der Waals surface area contributed by atoms with Gasteiger partial charge >= 0.3 is 5.97 Å². The molecule has 0 radical (unpaired) electrons. The zero-order valence-corrected chi connectivity index (χ0v) is 11.7. The standard InChI is InChI=1S/C15H21NO4/c1-2-20-13-8-6-12(7-9-13)11-14(17)16-10-4-3-5-15(18)19/h6-9H,2-5,10-11H2,1H3,(H,16,17)(H,18,19). The first-order valence-electron chi connectivity index (χ1n) is 6.82. The van der Waals surface area contributed by atoms with Gasteiger partial charge in [0.05, 0.1) is 13.0 Å². The Balaban J connectivity index is 2.22. The molecule has 110 valence electrons. The van der Waals surface area contributed by atoms with E-state index in [4.69, 9.17) is 9.84 Å². The molecule has 0 atom stereocenters. The van der Waals surface area contributed by atoms with Gasteiger partial charge in [-0.15, -0.1) is 0 Å². The second-order valence-corrected chi connectivity index (χ2v) is 4.45. The Kier molecular flexibility index (Phi) is 7.17. The zero-order valence-electron chi connectivity index (χ0n) is 11.7. The van der Waals surface area contributed by atoms with Gasteiger partial charge in [0.2, 0.25) is 5.91 Å². The van der Waals surface area contributed by atoms with Gasteiger partial charge in [-0.1, -0.05) is 12.1 Å². The van der Waals surface area contributed by atoms with Crippen molar-refractivity contribution in [2.75, 3.05) is 13.2 Å². The number of ether oxygens (including phenoxy) is 1. The van der Waals surface area contributed by atoms with E-state index in [-0.39, 0.29) is 12.3 Å². The van der Waals surface area contributed by atoms with Crippen LogP contribution in [-0.4, -0.2) is 30.1 Å². The largest absolute Gasteiger partial charge is 0.494 e. The molecule has 1 rings (SSSR count). The normalized spacial score (nSPS) is 10.1. The van der Waals surface area contributed by atoms with Crippen LogP contribution in [0, 0.1) is 0 Å². The van der Waals surface area contributed by atoms with Crippen LogP contribution in [0.5, 0.6) is 5.75 Å². The Morgan fingerprint density at radius 1 is 1.20 bits per heavy atom. The van der Waals surface area contributed by atoms with E-state index in [1.807, 2.05) is 31.2 Å². The van der Waals surface area contributed by atoms with E-state index in [9.17, 15) is 9.59 Å². The number of unbranched alkanes of at least 4 members (excludes halogenated alkanes) is 1. The number of carbonyl (C=O) groups excluding carboxylic acids is 1. The Morgan fingerprint density at radius 3 is 2.50 bits per heavy atom. The summed E-state index contributed by atoms with van der Waals surface area (Å²) < 4.78 is 5.33. The SMILES string of the molecule is CCOc1ccc(CC(=O)NCCCCC(=O)O)cc1. The number of hydrogen-bond donors (Lipinski definition) is 2. The third kappa shape index (κ3) is 6.78. The third-order valence-corrected chi connectivity index (χ3v) is 2.74. The van der Waals surface area contributed by atoms with Crippen LogP contribution >= 0.6 is 0 Å². The number of hydrogen-bond acceptors (Lipinski definition) is 3. The molecule has 0 spiro atoms. The number of carboxylic acid groups (broad SMARTS) is 1. The summed E-state index contributed by atoms with van der Waals surface area (Å²) in [4.78, 5) is 22.0. The minimum Gasteiger partial charge on any atom is -0.494 e. The predicted molar refractivity (Wildman–Crippen MR) is 75.8 cm³/mol. The van der Waals surface area contributed by atoms with Crippen molar-refractivity contribution in [2.45, 2.75) is 32.6 Å². The number of nitrogens with one attached hydrogen (secondary N) is 1. The molecule has 5 nitrogen and oxygen atoms in total. The Labute approximate surface area is 118 Å². The van der Waals surface area contributed by atoms with E-state index in [2.05, 4.69) is 5.32 Å². The lowest BCUT2D eigenvalue weighted by atomic mass is 10.1. The van der Waals surface area contributed by atoms with Crippen molar-refractivity contribution in [3.05, 3.63) is 29.8 Å². The summed E-state index contributed by atoms with van der Waals surface area (Å²) in [5.41, 5.74) is 0.927. The number of carboxylic acids is 1. The highest BCUT2D eigenvalue weighted by Crippen LogP contribution is 2.12. The van der Waals surface area contributed by atoms with Crippen LogP contribution in [0.2, 0.25) is 0 Å². The van der Waals surface area contributed by atoms with Gasteiger partial charge in [0, 0.05) is 13.0 Å². The lowest BCUT2D eigenvalue weighted by Crippen LogP contribution is -2.26. The topological polar surface area (TPSA) is 75.6 Å². The summed E-state index contributed by atoms with van der Waals surface area (Å²) in [5.74, 6) is -0.0551. The van der Waals surface area contributed by atoms with E-state index in [1.165, 1.54) is 0 Å². The number of aliphatic carboxylic acids is 1. The monoisotopic (exact) mass is 279 g/mol. The molecule has 0 aliphatic heterocycles. The Morgan fingerprint density at radius 2 is 1.90 bits per heavy atom. The summed E-state index contributed by atoms with van der Waals surface area (Å²) in [5, 5.41) is 11.3. The van der Waals surface area contributed by atoms with Crippen molar-refractivity contribution in [1.29, 1.82) is 0 Å². The van der Waals surface area contributed by atoms with E-state index in [1.54, 1.807) is 0 Å². The maximum atomic E-state index is 11.7. The molecule has 0 fully saturated rings. The lowest BCUT2D eigenvalue weighted by molar-refractivity contribution is -0.137. The first-order chi connectivity index (χ1) is 9.61. The number of rotatable bonds is 9. The smallest absolute Gasteiger partial charge is 0.303 e. The van der Waals surface area contributed by atoms with Crippen LogP contribution in [0.4, 0.5) is 0 Å². The molecule has 0 bridgehead atoms. The van der Waals surface area contributed by atoms with Crippen LogP contribution in [-0.2, 0) is 16.0 Å². The van der Waals surface area contributed by atoms with Crippen LogP contribution in [0.1, 0.15) is 31.7 Å². The maximum absolute atomic E-state index is 11.7. The fourth-order valence-electron chi connectivity index (χ4n) is 1.75. The van der Waals surface area contributed by atoms with Crippen molar-refractivity contribution in [3.8, 4) is 5.75 Å². The van der Waals surface area contributed by atoms with Crippen LogP contribution < -0.4 is 10.1 Å². The Bertz CT molecular complexity index is 428. The average molecular weight is 279 g/mol. The molecule has 0 unspecified atom stereocenters. The van der Waals surface area contributed by atoms with Crippen LogP contribution in [0.15, 0.2) is 24.3 Å². The molecule has 1 aromatic carbocycles. The predicted octanol–water partition coefficient (Wildman–Crippen LogP) is 2.00. The highest BCUT2D eigenvalue weighted by atomic mass is 16.5. The van der Waals surface area contributed by atoms with Gasteiger partial charge in [-0.3, -0.25) is 9.59 Å². The molecule has 1 aromatic rings. The second-order valence-electron chi connectivity index (χ2n) is 4.45. The maximum Gasteiger partial charge on any atom is 0.303 e. The van der Waals surface area contributed by atoms with Gasteiger partial charge in [-0.2, -0.15) is 0 Å². The summed E-state index contributed by atoms with van der Waals surface area (Å²) in [6.07, 6.45) is 1.74. The van der Waals surface area contributed by atoms with E-state index >= 15 is 0 Å². The minimum atomic E-state index is -0.800. The summed E-state index contributed by atoms with van der Waals surface area (Å²) in [6, 6.07) is 7.43. The molecule has 0 saturated carbocycles. The number of amides is 1. The molecule has 1 amide bonds. The fraction of sp³-hybridized carbons (Fsp3) is 0.467. The molecule has 20 heavy (non-hydrogen) atoms. The van der Waals surface area contributed by atoms with Gasteiger partial charge in [-0.05, 0) is 37.5 Å². The Hall–Kier alpha value is -2.04. The van der Waals surface area contributed by atoms with E-state index < -0.39 is 5.97 Å². The average Bonchev–Trinajstić information content (AvgIpc) is 2.40. The van der Waals surface area contributed by atoms with E-state index in [0.29, 0.717) is 32.4 Å². The second kappa shape index (κ2) is 8.96. The number of benzene rings is 1. The highest BCUT2D eigenvalue weighted by molar-refractivity contribution is 5.78. The summed E-state index contributed by atoms with van der Waals surface area (Å²) in [7, 11) is 0. The van der Waals surface area contributed by atoms with Gasteiger partial charge in [0.1, 0.15) is 5.75 Å².